The van der Waals surface area contributed by atoms with Crippen LogP contribution in [0.15, 0.2) is 18.2 Å². The lowest BCUT2D eigenvalue weighted by atomic mass is 9.92. The van der Waals surface area contributed by atoms with Gasteiger partial charge in [-0.2, -0.15) is 0 Å². The van der Waals surface area contributed by atoms with Crippen LogP contribution in [0.3, 0.4) is 0 Å². The Morgan fingerprint density at radius 3 is 2.61 bits per heavy atom. The molecule has 0 saturated heterocycles. The maximum Gasteiger partial charge on any atom is 0.160 e. The van der Waals surface area contributed by atoms with E-state index in [1.54, 1.807) is 13.2 Å². The van der Waals surface area contributed by atoms with E-state index < -0.39 is 0 Å². The molecule has 100 valence electrons. The van der Waals surface area contributed by atoms with E-state index in [4.69, 9.17) is 4.74 Å². The zero-order valence-corrected chi connectivity index (χ0v) is 11.5. The van der Waals surface area contributed by atoms with Gasteiger partial charge in [0.05, 0.1) is 7.11 Å². The van der Waals surface area contributed by atoms with Gasteiger partial charge in [-0.15, -0.1) is 0 Å². The second-order valence-corrected chi connectivity index (χ2v) is 5.63. The first-order valence-corrected chi connectivity index (χ1v) is 6.64. The fraction of sp³-hybridized carbons (Fsp3) is 0.600. The van der Waals surface area contributed by atoms with Crippen molar-refractivity contribution in [2.75, 3.05) is 13.7 Å². The molecular formula is C15H23NO2. The molecule has 1 aliphatic rings. The van der Waals surface area contributed by atoms with Crippen molar-refractivity contribution in [2.45, 2.75) is 33.2 Å². The average Bonchev–Trinajstić information content (AvgIpc) is 3.10. The highest BCUT2D eigenvalue weighted by atomic mass is 16.5. The number of ether oxygens (including phenoxy) is 1. The normalized spacial score (nSPS) is 16.9. The summed E-state index contributed by atoms with van der Waals surface area (Å²) >= 11 is 0. The fourth-order valence-corrected chi connectivity index (χ4v) is 2.42. The number of benzene rings is 1. The largest absolute Gasteiger partial charge is 0.504 e. The predicted molar refractivity (Wildman–Crippen MR) is 72.9 cm³/mol. The van der Waals surface area contributed by atoms with Gasteiger partial charge >= 0.3 is 0 Å². The molecule has 1 fully saturated rings. The molecule has 2 N–H and O–H groups in total. The summed E-state index contributed by atoms with van der Waals surface area (Å²) in [6, 6.07) is 5.56. The van der Waals surface area contributed by atoms with Gasteiger partial charge < -0.3 is 15.2 Å². The molecule has 0 atom stereocenters. The number of hydrogen-bond acceptors (Lipinski definition) is 3. The van der Waals surface area contributed by atoms with Crippen LogP contribution in [0.4, 0.5) is 0 Å². The highest BCUT2D eigenvalue weighted by molar-refractivity contribution is 5.41. The van der Waals surface area contributed by atoms with E-state index in [0.29, 0.717) is 11.2 Å². The van der Waals surface area contributed by atoms with Crippen LogP contribution in [0.1, 0.15) is 32.3 Å². The highest BCUT2D eigenvalue weighted by Crippen LogP contribution is 2.51. The third kappa shape index (κ3) is 2.78. The molecule has 0 heterocycles. The lowest BCUT2D eigenvalue weighted by Crippen LogP contribution is -2.27. The number of nitrogens with one attached hydrogen (secondary N) is 1. The molecule has 1 aliphatic carbocycles. The molecule has 2 rings (SSSR count). The summed E-state index contributed by atoms with van der Waals surface area (Å²) in [7, 11) is 1.56. The molecule has 0 spiro atoms. The van der Waals surface area contributed by atoms with Gasteiger partial charge in [-0.1, -0.05) is 19.9 Å². The lowest BCUT2D eigenvalue weighted by Gasteiger charge is -2.20. The quantitative estimate of drug-likeness (QED) is 0.814. The Bertz CT molecular complexity index is 411. The van der Waals surface area contributed by atoms with Gasteiger partial charge in [-0.3, -0.25) is 0 Å². The van der Waals surface area contributed by atoms with Crippen molar-refractivity contribution < 1.29 is 9.84 Å². The Balaban J connectivity index is 1.85. The summed E-state index contributed by atoms with van der Waals surface area (Å²) in [5.74, 6) is 1.48. The van der Waals surface area contributed by atoms with Gasteiger partial charge in [0.2, 0.25) is 0 Å². The first-order valence-electron chi connectivity index (χ1n) is 6.64. The topological polar surface area (TPSA) is 41.5 Å². The minimum atomic E-state index is 0.210. The van der Waals surface area contributed by atoms with Crippen molar-refractivity contribution in [3.8, 4) is 11.5 Å². The Kier molecular flexibility index (Phi) is 3.81. The van der Waals surface area contributed by atoms with E-state index in [-0.39, 0.29) is 5.75 Å². The van der Waals surface area contributed by atoms with Crippen molar-refractivity contribution >= 4 is 0 Å². The number of phenols is 1. The standard InChI is InChI=1S/C15H23NO2/c1-11(2)15(6-7-15)10-16-9-12-4-5-14(18-3)13(17)8-12/h4-5,8,11,16-17H,6-7,9-10H2,1-3H3. The fourth-order valence-electron chi connectivity index (χ4n) is 2.42. The van der Waals surface area contributed by atoms with Gasteiger partial charge in [0.1, 0.15) is 0 Å². The smallest absolute Gasteiger partial charge is 0.160 e. The number of rotatable bonds is 6. The molecule has 0 amide bonds. The molecule has 1 saturated carbocycles. The predicted octanol–water partition coefficient (Wildman–Crippen LogP) is 2.93. The minimum absolute atomic E-state index is 0.210. The van der Waals surface area contributed by atoms with Crippen molar-refractivity contribution in [3.05, 3.63) is 23.8 Å². The maximum atomic E-state index is 9.70. The van der Waals surface area contributed by atoms with Gasteiger partial charge in [0, 0.05) is 13.1 Å². The Morgan fingerprint density at radius 1 is 1.39 bits per heavy atom. The molecule has 0 unspecified atom stereocenters. The minimum Gasteiger partial charge on any atom is -0.504 e. The second kappa shape index (κ2) is 5.19. The Morgan fingerprint density at radius 2 is 2.11 bits per heavy atom. The van der Waals surface area contributed by atoms with E-state index >= 15 is 0 Å². The Labute approximate surface area is 109 Å². The summed E-state index contributed by atoms with van der Waals surface area (Å²) in [4.78, 5) is 0. The number of phenolic OH excluding ortho intramolecular Hbond substituents is 1. The van der Waals surface area contributed by atoms with Crippen molar-refractivity contribution in [3.63, 3.8) is 0 Å². The lowest BCUT2D eigenvalue weighted by molar-refractivity contribution is 0.337. The van der Waals surface area contributed by atoms with Gasteiger partial charge in [-0.25, -0.2) is 0 Å². The number of aromatic hydroxyl groups is 1. The zero-order chi connectivity index (χ0) is 13.2. The zero-order valence-electron chi connectivity index (χ0n) is 11.5. The van der Waals surface area contributed by atoms with E-state index in [9.17, 15) is 5.11 Å². The van der Waals surface area contributed by atoms with Crippen molar-refractivity contribution in [2.24, 2.45) is 11.3 Å². The molecule has 0 radical (unpaired) electrons. The molecular weight excluding hydrogens is 226 g/mol. The summed E-state index contributed by atoms with van der Waals surface area (Å²) in [6.07, 6.45) is 2.68. The molecule has 0 bridgehead atoms. The molecule has 0 aromatic heterocycles. The second-order valence-electron chi connectivity index (χ2n) is 5.63. The van der Waals surface area contributed by atoms with Crippen LogP contribution in [0.25, 0.3) is 0 Å². The van der Waals surface area contributed by atoms with Crippen LogP contribution in [0.2, 0.25) is 0 Å². The maximum absolute atomic E-state index is 9.70. The van der Waals surface area contributed by atoms with Crippen molar-refractivity contribution in [1.29, 1.82) is 0 Å². The van der Waals surface area contributed by atoms with Gasteiger partial charge in [0.25, 0.3) is 0 Å². The van der Waals surface area contributed by atoms with E-state index in [1.807, 2.05) is 12.1 Å². The van der Waals surface area contributed by atoms with Gasteiger partial charge in [0.15, 0.2) is 11.5 Å². The van der Waals surface area contributed by atoms with Crippen LogP contribution < -0.4 is 10.1 Å². The summed E-state index contributed by atoms with van der Waals surface area (Å²) < 4.78 is 5.03. The summed E-state index contributed by atoms with van der Waals surface area (Å²) in [6.45, 7) is 6.46. The molecule has 3 heteroatoms. The Hall–Kier alpha value is -1.22. The highest BCUT2D eigenvalue weighted by Gasteiger charge is 2.44. The molecule has 3 nitrogen and oxygen atoms in total. The summed E-state index contributed by atoms with van der Waals surface area (Å²) in [5.41, 5.74) is 1.61. The van der Waals surface area contributed by atoms with Crippen LogP contribution in [-0.4, -0.2) is 18.8 Å². The molecule has 1 aromatic carbocycles. The van der Waals surface area contributed by atoms with Crippen LogP contribution in [-0.2, 0) is 6.54 Å². The average molecular weight is 249 g/mol. The van der Waals surface area contributed by atoms with Crippen LogP contribution >= 0.6 is 0 Å². The van der Waals surface area contributed by atoms with Crippen molar-refractivity contribution in [1.82, 2.24) is 5.32 Å². The number of hydrogen-bond donors (Lipinski definition) is 2. The third-order valence-corrected chi connectivity index (χ3v) is 4.17. The van der Waals surface area contributed by atoms with E-state index in [1.165, 1.54) is 12.8 Å². The summed E-state index contributed by atoms with van der Waals surface area (Å²) in [5, 5.41) is 13.2. The monoisotopic (exact) mass is 249 g/mol. The van der Waals surface area contributed by atoms with E-state index in [2.05, 4.69) is 19.2 Å². The van der Waals surface area contributed by atoms with E-state index in [0.717, 1.165) is 24.6 Å². The SMILES string of the molecule is COc1ccc(CNCC2(C(C)C)CC2)cc1O. The first kappa shape index (κ1) is 13.2. The molecule has 1 aromatic rings. The molecule has 0 aliphatic heterocycles. The first-order chi connectivity index (χ1) is 8.57. The third-order valence-electron chi connectivity index (χ3n) is 4.17. The number of methoxy groups -OCH3 is 1. The van der Waals surface area contributed by atoms with Gasteiger partial charge in [-0.05, 0) is 41.9 Å². The van der Waals surface area contributed by atoms with Crippen LogP contribution in [0.5, 0.6) is 11.5 Å². The van der Waals surface area contributed by atoms with Crippen LogP contribution in [0, 0.1) is 11.3 Å². The molecule has 18 heavy (non-hydrogen) atoms.